The number of imide groups is 1. The first-order valence-corrected chi connectivity index (χ1v) is 12.3. The van der Waals surface area contributed by atoms with Gasteiger partial charge in [0.05, 0.1) is 16.8 Å². The van der Waals surface area contributed by atoms with Crippen LogP contribution < -0.4 is 4.90 Å². The number of aromatic nitrogens is 2. The van der Waals surface area contributed by atoms with E-state index < -0.39 is 5.97 Å². The van der Waals surface area contributed by atoms with E-state index in [1.54, 1.807) is 37.1 Å². The summed E-state index contributed by atoms with van der Waals surface area (Å²) in [7, 11) is 5.14. The van der Waals surface area contributed by atoms with Crippen molar-refractivity contribution in [2.24, 2.45) is 14.1 Å². The SMILES string of the molecule is COCC(=O)N(C(=O)c1cn(C)cc1C)c1cccc2c1C(C)CC2(C)C.Cc1cn(C)cc1C(=O)O. The highest BCUT2D eigenvalue weighted by atomic mass is 16.5. The molecule has 1 aromatic carbocycles. The van der Waals surface area contributed by atoms with E-state index in [1.807, 2.05) is 36.9 Å². The fraction of sp³-hybridized carbons (Fsp3) is 0.414. The van der Waals surface area contributed by atoms with E-state index >= 15 is 0 Å². The van der Waals surface area contributed by atoms with Gasteiger partial charge in [0.15, 0.2) is 0 Å². The molecule has 3 aromatic rings. The van der Waals surface area contributed by atoms with Crippen LogP contribution in [0.15, 0.2) is 43.0 Å². The van der Waals surface area contributed by atoms with Crippen LogP contribution in [0.1, 0.15) is 76.1 Å². The van der Waals surface area contributed by atoms with Gasteiger partial charge in [0.2, 0.25) is 0 Å². The maximum Gasteiger partial charge on any atom is 0.337 e. The average molecular weight is 508 g/mol. The molecule has 0 spiro atoms. The highest BCUT2D eigenvalue weighted by Crippen LogP contribution is 2.49. The van der Waals surface area contributed by atoms with Crippen molar-refractivity contribution in [2.45, 2.75) is 52.4 Å². The van der Waals surface area contributed by atoms with Gasteiger partial charge in [-0.05, 0) is 59.9 Å². The topological polar surface area (TPSA) is 93.8 Å². The Hall–Kier alpha value is -3.65. The van der Waals surface area contributed by atoms with Gasteiger partial charge >= 0.3 is 5.97 Å². The number of hydrogen-bond acceptors (Lipinski definition) is 4. The van der Waals surface area contributed by atoms with Crippen LogP contribution in [0.25, 0.3) is 0 Å². The van der Waals surface area contributed by atoms with Gasteiger partial charge in [-0.1, -0.05) is 32.9 Å². The molecule has 0 aliphatic heterocycles. The van der Waals surface area contributed by atoms with E-state index in [-0.39, 0.29) is 29.8 Å². The maximum absolute atomic E-state index is 13.4. The van der Waals surface area contributed by atoms with Crippen LogP contribution in [-0.2, 0) is 29.0 Å². The number of aromatic carboxylic acids is 1. The monoisotopic (exact) mass is 507 g/mol. The first kappa shape index (κ1) is 27.9. The van der Waals surface area contributed by atoms with E-state index in [9.17, 15) is 14.4 Å². The van der Waals surface area contributed by atoms with Crippen LogP contribution in [-0.4, -0.2) is 45.7 Å². The summed E-state index contributed by atoms with van der Waals surface area (Å²) in [6.45, 7) is 10.1. The molecule has 4 rings (SSSR count). The summed E-state index contributed by atoms with van der Waals surface area (Å²) < 4.78 is 8.64. The molecule has 1 N–H and O–H groups in total. The number of ether oxygens (including phenoxy) is 1. The number of amides is 2. The number of carboxylic acid groups (broad SMARTS) is 1. The zero-order chi connectivity index (χ0) is 27.7. The van der Waals surface area contributed by atoms with Crippen molar-refractivity contribution in [3.05, 3.63) is 76.4 Å². The number of hydrogen-bond donors (Lipinski definition) is 1. The number of rotatable bonds is 5. The van der Waals surface area contributed by atoms with Gasteiger partial charge in [-0.25, -0.2) is 9.69 Å². The molecule has 37 heavy (non-hydrogen) atoms. The van der Waals surface area contributed by atoms with E-state index in [1.165, 1.54) is 17.6 Å². The van der Waals surface area contributed by atoms with E-state index in [0.29, 0.717) is 16.8 Å². The molecule has 0 saturated carbocycles. The van der Waals surface area contributed by atoms with Gasteiger partial charge in [0, 0.05) is 46.0 Å². The highest BCUT2D eigenvalue weighted by molar-refractivity contribution is 6.22. The third-order valence-corrected chi connectivity index (χ3v) is 6.85. The van der Waals surface area contributed by atoms with E-state index in [2.05, 4.69) is 26.8 Å². The number of carboxylic acids is 1. The Bertz CT molecular complexity index is 1330. The van der Waals surface area contributed by atoms with Crippen molar-refractivity contribution in [3.63, 3.8) is 0 Å². The predicted molar refractivity (Wildman–Crippen MR) is 143 cm³/mol. The molecule has 0 saturated heterocycles. The Kier molecular flexibility index (Phi) is 8.12. The van der Waals surface area contributed by atoms with Gasteiger partial charge in [-0.3, -0.25) is 9.59 Å². The van der Waals surface area contributed by atoms with Gasteiger partial charge in [0.1, 0.15) is 6.61 Å². The summed E-state index contributed by atoms with van der Waals surface area (Å²) >= 11 is 0. The molecule has 2 aromatic heterocycles. The summed E-state index contributed by atoms with van der Waals surface area (Å²) in [5.74, 6) is -1.25. The second-order valence-electron chi connectivity index (χ2n) is 10.5. The molecule has 2 amide bonds. The molecule has 0 radical (unpaired) electrons. The Morgan fingerprint density at radius 1 is 1.03 bits per heavy atom. The minimum absolute atomic E-state index is 0.0203. The fourth-order valence-electron chi connectivity index (χ4n) is 5.38. The average Bonchev–Trinajstić information content (AvgIpc) is 3.40. The number of nitrogens with zero attached hydrogens (tertiary/aromatic N) is 3. The number of methoxy groups -OCH3 is 1. The lowest BCUT2D eigenvalue weighted by Gasteiger charge is -2.25. The van der Waals surface area contributed by atoms with Crippen molar-refractivity contribution < 1.29 is 24.2 Å². The van der Waals surface area contributed by atoms with E-state index in [0.717, 1.165) is 23.1 Å². The Morgan fingerprint density at radius 3 is 2.05 bits per heavy atom. The van der Waals surface area contributed by atoms with Gasteiger partial charge in [0.25, 0.3) is 11.8 Å². The third kappa shape index (κ3) is 5.69. The van der Waals surface area contributed by atoms with Gasteiger partial charge in [-0.15, -0.1) is 0 Å². The summed E-state index contributed by atoms with van der Waals surface area (Å²) in [5, 5.41) is 8.57. The van der Waals surface area contributed by atoms with Crippen molar-refractivity contribution >= 4 is 23.5 Å². The van der Waals surface area contributed by atoms with Crippen molar-refractivity contribution in [3.8, 4) is 0 Å². The summed E-state index contributed by atoms with van der Waals surface area (Å²) in [4.78, 5) is 38.0. The molecule has 8 heteroatoms. The lowest BCUT2D eigenvalue weighted by atomic mass is 9.86. The predicted octanol–water partition coefficient (Wildman–Crippen LogP) is 4.97. The number of carbonyl (C=O) groups excluding carboxylic acids is 2. The molecule has 1 aliphatic rings. The Labute approximate surface area is 218 Å². The first-order chi connectivity index (χ1) is 17.3. The molecule has 1 aliphatic carbocycles. The van der Waals surface area contributed by atoms with Crippen LogP contribution in [0.3, 0.4) is 0 Å². The summed E-state index contributed by atoms with van der Waals surface area (Å²) in [6.07, 6.45) is 8.01. The lowest BCUT2D eigenvalue weighted by Crippen LogP contribution is -2.40. The zero-order valence-corrected chi connectivity index (χ0v) is 23.0. The normalized spacial score (nSPS) is 15.5. The Balaban J connectivity index is 0.000000319. The van der Waals surface area contributed by atoms with Crippen molar-refractivity contribution in [1.82, 2.24) is 9.13 Å². The number of anilines is 1. The minimum atomic E-state index is -0.863. The van der Waals surface area contributed by atoms with Crippen molar-refractivity contribution in [1.29, 1.82) is 0 Å². The van der Waals surface area contributed by atoms with Crippen LogP contribution >= 0.6 is 0 Å². The molecule has 2 heterocycles. The molecule has 8 nitrogen and oxygen atoms in total. The standard InChI is InChI=1S/C22H28N2O3.C7H9NO2/c1-14-10-22(3,4)17-8-7-9-18(20(14)17)24(19(25)13-27-6)21(26)16-12-23(5)11-15(16)2;1-5-3-8(2)4-6(5)7(9)10/h7-9,11-12,14H,10,13H2,1-6H3;3-4H,1-2H3,(H,9,10). The largest absolute Gasteiger partial charge is 0.478 e. The van der Waals surface area contributed by atoms with E-state index in [4.69, 9.17) is 9.84 Å². The molecular weight excluding hydrogens is 470 g/mol. The van der Waals surface area contributed by atoms with Gasteiger partial charge in [-0.2, -0.15) is 0 Å². The molecule has 0 fully saturated rings. The minimum Gasteiger partial charge on any atom is -0.478 e. The second-order valence-corrected chi connectivity index (χ2v) is 10.5. The summed E-state index contributed by atoms with van der Waals surface area (Å²) in [5.41, 5.74) is 5.56. The molecule has 198 valence electrons. The number of fused-ring (bicyclic) bond motifs is 1. The third-order valence-electron chi connectivity index (χ3n) is 6.85. The summed E-state index contributed by atoms with van der Waals surface area (Å²) in [6, 6.07) is 5.92. The molecular formula is C29H37N3O5. The Morgan fingerprint density at radius 2 is 1.59 bits per heavy atom. The molecule has 0 bridgehead atoms. The molecule has 1 unspecified atom stereocenters. The van der Waals surface area contributed by atoms with Crippen LogP contribution in [0.5, 0.6) is 0 Å². The van der Waals surface area contributed by atoms with Crippen LogP contribution in [0.4, 0.5) is 5.69 Å². The quantitative estimate of drug-likeness (QED) is 0.526. The van der Waals surface area contributed by atoms with Crippen LogP contribution in [0, 0.1) is 13.8 Å². The number of carbonyl (C=O) groups is 3. The lowest BCUT2D eigenvalue weighted by molar-refractivity contribution is -0.121. The fourth-order valence-corrected chi connectivity index (χ4v) is 5.38. The number of aryl methyl sites for hydroxylation is 4. The zero-order valence-electron chi connectivity index (χ0n) is 23.0. The maximum atomic E-state index is 13.4. The first-order valence-electron chi connectivity index (χ1n) is 12.3. The van der Waals surface area contributed by atoms with Gasteiger partial charge < -0.3 is 19.0 Å². The highest BCUT2D eigenvalue weighted by Gasteiger charge is 2.39. The molecule has 1 atom stereocenters. The second kappa shape index (κ2) is 10.8. The van der Waals surface area contributed by atoms with Crippen molar-refractivity contribution in [2.75, 3.05) is 18.6 Å². The van der Waals surface area contributed by atoms with Crippen LogP contribution in [0.2, 0.25) is 0 Å². The smallest absolute Gasteiger partial charge is 0.337 e. The number of benzene rings is 1.